The Balaban J connectivity index is 0.000000497. The number of nitrogens with one attached hydrogen (secondary N) is 1. The number of carbonyl (C=O) groups excluding carboxylic acids is 2. The number of ether oxygens (including phenoxy) is 2. The van der Waals surface area contributed by atoms with Crippen LogP contribution in [0.1, 0.15) is 17.5 Å². The van der Waals surface area contributed by atoms with Crippen molar-refractivity contribution in [3.8, 4) is 23.0 Å². The highest BCUT2D eigenvalue weighted by atomic mass is 32.1. The molecule has 0 atom stereocenters. The molecule has 2 aromatic carbocycles. The van der Waals surface area contributed by atoms with Crippen LogP contribution >= 0.6 is 12.2 Å². The zero-order valence-electron chi connectivity index (χ0n) is 18.6. The third-order valence-corrected chi connectivity index (χ3v) is 4.48. The number of H-pyrrole nitrogens is 1. The van der Waals surface area contributed by atoms with Gasteiger partial charge >= 0.3 is 0 Å². The standard InChI is InChI=1S/C21H20O6.C4H4N2S/c1-26-20-11-14(5-9-18(20)24)3-7-16(22)13-17(23)8-4-15-6-10-19(25)21(12-15)27-2;7-4-5-2-1-3-6-4/h3-12,24-25H,13H2,1-2H3;1-3H,(H,5,6,7)/b7-3+,8-4+;. The van der Waals surface area contributed by atoms with Crippen molar-refractivity contribution in [1.29, 1.82) is 0 Å². The number of hydrogen-bond donors (Lipinski definition) is 3. The number of methoxy groups -OCH3 is 2. The monoisotopic (exact) mass is 480 g/mol. The number of allylic oxidation sites excluding steroid dienone is 2. The molecule has 1 aromatic heterocycles. The van der Waals surface area contributed by atoms with Crippen molar-refractivity contribution in [3.63, 3.8) is 0 Å². The second kappa shape index (κ2) is 13.3. The third-order valence-electron chi connectivity index (χ3n) is 4.26. The Morgan fingerprint density at radius 2 is 1.44 bits per heavy atom. The molecule has 0 spiro atoms. The third kappa shape index (κ3) is 8.71. The van der Waals surface area contributed by atoms with Gasteiger partial charge in [-0.25, -0.2) is 4.98 Å². The van der Waals surface area contributed by atoms with E-state index >= 15 is 0 Å². The zero-order chi connectivity index (χ0) is 24.9. The molecule has 0 fully saturated rings. The maximum absolute atomic E-state index is 11.9. The average Bonchev–Trinajstić information content (AvgIpc) is 2.84. The largest absolute Gasteiger partial charge is 0.504 e. The molecule has 3 rings (SSSR count). The molecule has 1 heterocycles. The molecule has 8 nitrogen and oxygen atoms in total. The summed E-state index contributed by atoms with van der Waals surface area (Å²) in [5, 5.41) is 19.1. The van der Waals surface area contributed by atoms with Crippen molar-refractivity contribution in [2.75, 3.05) is 14.2 Å². The number of aromatic hydroxyl groups is 2. The molecule has 176 valence electrons. The number of rotatable bonds is 8. The van der Waals surface area contributed by atoms with Gasteiger partial charge in [0.05, 0.1) is 20.6 Å². The maximum Gasteiger partial charge on any atom is 0.196 e. The number of hydrogen-bond acceptors (Lipinski definition) is 8. The Labute approximate surface area is 201 Å². The molecule has 34 heavy (non-hydrogen) atoms. The lowest BCUT2D eigenvalue weighted by atomic mass is 10.1. The number of ketones is 2. The number of phenols is 2. The van der Waals surface area contributed by atoms with Gasteiger partial charge in [0.2, 0.25) is 0 Å². The van der Waals surface area contributed by atoms with Gasteiger partial charge in [-0.15, -0.1) is 0 Å². The number of aromatic nitrogens is 2. The van der Waals surface area contributed by atoms with E-state index in [0.717, 1.165) is 0 Å². The fraction of sp³-hybridized carbons (Fsp3) is 0.120. The van der Waals surface area contributed by atoms with Crippen LogP contribution in [0.15, 0.2) is 67.0 Å². The Kier molecular flexibility index (Phi) is 10.2. The lowest BCUT2D eigenvalue weighted by Crippen LogP contribution is -2.01. The highest BCUT2D eigenvalue weighted by Gasteiger charge is 2.06. The highest BCUT2D eigenvalue weighted by Crippen LogP contribution is 2.27. The van der Waals surface area contributed by atoms with E-state index in [1.54, 1.807) is 54.9 Å². The van der Waals surface area contributed by atoms with E-state index in [1.807, 2.05) is 0 Å². The Bertz CT molecular complexity index is 1160. The fourth-order valence-corrected chi connectivity index (χ4v) is 2.70. The molecule has 0 bridgehead atoms. The second-order valence-electron chi connectivity index (χ2n) is 6.73. The lowest BCUT2D eigenvalue weighted by Gasteiger charge is -2.03. The Morgan fingerprint density at radius 1 is 0.941 bits per heavy atom. The van der Waals surface area contributed by atoms with E-state index in [9.17, 15) is 19.8 Å². The summed E-state index contributed by atoms with van der Waals surface area (Å²) in [5.74, 6) is -0.0832. The summed E-state index contributed by atoms with van der Waals surface area (Å²) in [6.07, 6.45) is 8.84. The van der Waals surface area contributed by atoms with Gasteiger partial charge in [-0.2, -0.15) is 0 Å². The number of carbonyl (C=O) groups is 2. The van der Waals surface area contributed by atoms with E-state index < -0.39 is 0 Å². The van der Waals surface area contributed by atoms with Crippen LogP contribution in [0.2, 0.25) is 0 Å². The Hall–Kier alpha value is -4.24. The van der Waals surface area contributed by atoms with Gasteiger partial charge in [-0.1, -0.05) is 24.3 Å². The summed E-state index contributed by atoms with van der Waals surface area (Å²) in [7, 11) is 2.87. The molecular formula is C25H24N2O6S. The minimum absolute atomic E-state index is 0.00662. The number of phenolic OH excluding ortho intramolecular Hbond substituents is 2. The molecule has 0 unspecified atom stereocenters. The van der Waals surface area contributed by atoms with Crippen LogP contribution in [-0.4, -0.2) is 46.0 Å². The molecule has 3 N–H and O–H groups in total. The Morgan fingerprint density at radius 3 is 1.79 bits per heavy atom. The van der Waals surface area contributed by atoms with E-state index in [-0.39, 0.29) is 29.5 Å². The van der Waals surface area contributed by atoms with Crippen LogP contribution in [0.3, 0.4) is 0 Å². The first kappa shape index (κ1) is 26.0. The molecule has 0 saturated heterocycles. The summed E-state index contributed by atoms with van der Waals surface area (Å²) in [6.45, 7) is 0. The molecule has 0 saturated carbocycles. The van der Waals surface area contributed by atoms with Crippen LogP contribution in [0.5, 0.6) is 23.0 Å². The SMILES string of the molecule is COc1cc(/C=C/C(=O)CC(=O)/C=C/c2ccc(O)c(OC)c2)ccc1O.S=c1nccc[nH]1. The molecular weight excluding hydrogens is 456 g/mol. The van der Waals surface area contributed by atoms with Gasteiger partial charge in [0, 0.05) is 12.4 Å². The number of nitrogens with zero attached hydrogens (tertiary/aromatic N) is 1. The van der Waals surface area contributed by atoms with Gasteiger partial charge in [-0.05, 0) is 65.8 Å². The highest BCUT2D eigenvalue weighted by molar-refractivity contribution is 7.71. The molecule has 0 aliphatic carbocycles. The fourth-order valence-electron chi connectivity index (χ4n) is 2.57. The first-order chi connectivity index (χ1) is 16.3. The molecule has 0 amide bonds. The van der Waals surface area contributed by atoms with Crippen molar-refractivity contribution in [1.82, 2.24) is 9.97 Å². The van der Waals surface area contributed by atoms with Gasteiger partial charge in [0.25, 0.3) is 0 Å². The summed E-state index contributed by atoms with van der Waals surface area (Å²) >= 11 is 4.65. The molecule has 0 aliphatic heterocycles. The van der Waals surface area contributed by atoms with Gasteiger partial charge < -0.3 is 24.7 Å². The number of aromatic amines is 1. The number of benzene rings is 2. The maximum atomic E-state index is 11.9. The summed E-state index contributed by atoms with van der Waals surface area (Å²) < 4.78 is 10.5. The van der Waals surface area contributed by atoms with Gasteiger partial charge in [-0.3, -0.25) is 9.59 Å². The molecule has 0 radical (unpaired) electrons. The predicted molar refractivity (Wildman–Crippen MR) is 131 cm³/mol. The van der Waals surface area contributed by atoms with E-state index in [4.69, 9.17) is 9.47 Å². The van der Waals surface area contributed by atoms with Gasteiger partial charge in [0.1, 0.15) is 0 Å². The van der Waals surface area contributed by atoms with Crippen molar-refractivity contribution < 1.29 is 29.3 Å². The summed E-state index contributed by atoms with van der Waals surface area (Å²) in [4.78, 5) is 30.3. The lowest BCUT2D eigenvalue weighted by molar-refractivity contribution is -0.121. The van der Waals surface area contributed by atoms with E-state index in [0.29, 0.717) is 27.4 Å². The first-order valence-corrected chi connectivity index (χ1v) is 10.4. The smallest absolute Gasteiger partial charge is 0.196 e. The summed E-state index contributed by atoms with van der Waals surface area (Å²) in [6, 6.07) is 11.1. The van der Waals surface area contributed by atoms with Crippen LogP contribution < -0.4 is 9.47 Å². The van der Waals surface area contributed by atoms with E-state index in [2.05, 4.69) is 22.2 Å². The van der Waals surface area contributed by atoms with Crippen LogP contribution in [0.4, 0.5) is 0 Å². The van der Waals surface area contributed by atoms with Gasteiger partial charge in [0.15, 0.2) is 39.3 Å². The second-order valence-corrected chi connectivity index (χ2v) is 7.11. The zero-order valence-corrected chi connectivity index (χ0v) is 19.4. The molecule has 3 aromatic rings. The van der Waals surface area contributed by atoms with Crippen molar-refractivity contribution in [2.45, 2.75) is 6.42 Å². The van der Waals surface area contributed by atoms with Crippen LogP contribution in [-0.2, 0) is 9.59 Å². The average molecular weight is 481 g/mol. The molecule has 0 aliphatic rings. The van der Waals surface area contributed by atoms with Crippen molar-refractivity contribution >= 4 is 35.9 Å². The normalized spacial score (nSPS) is 10.5. The van der Waals surface area contributed by atoms with Crippen LogP contribution in [0, 0.1) is 4.77 Å². The predicted octanol–water partition coefficient (Wildman–Crippen LogP) is 4.51. The summed E-state index contributed by atoms with van der Waals surface area (Å²) in [5.41, 5.74) is 1.33. The minimum atomic E-state index is -0.347. The molecule has 9 heteroatoms. The van der Waals surface area contributed by atoms with Crippen molar-refractivity contribution in [3.05, 3.63) is 82.9 Å². The van der Waals surface area contributed by atoms with E-state index in [1.165, 1.54) is 38.5 Å². The minimum Gasteiger partial charge on any atom is -0.504 e. The first-order valence-electron chi connectivity index (χ1n) is 9.98. The van der Waals surface area contributed by atoms with Crippen molar-refractivity contribution in [2.24, 2.45) is 0 Å². The van der Waals surface area contributed by atoms with Crippen LogP contribution in [0.25, 0.3) is 12.2 Å². The topological polar surface area (TPSA) is 122 Å². The quantitative estimate of drug-likeness (QED) is 0.245.